The van der Waals surface area contributed by atoms with Crippen molar-refractivity contribution in [2.75, 3.05) is 25.4 Å². The van der Waals surface area contributed by atoms with Gasteiger partial charge in [-0.05, 0) is 41.0 Å². The molecule has 0 N–H and O–H groups in total. The highest BCUT2D eigenvalue weighted by Gasteiger charge is 2.48. The van der Waals surface area contributed by atoms with E-state index in [1.54, 1.807) is 0 Å². The van der Waals surface area contributed by atoms with Crippen LogP contribution >= 0.6 is 10.0 Å². The summed E-state index contributed by atoms with van der Waals surface area (Å²) in [7, 11) is -1.12. The van der Waals surface area contributed by atoms with Crippen LogP contribution in [0.25, 0.3) is 0 Å². The number of rotatable bonds is 13. The van der Waals surface area contributed by atoms with Crippen molar-refractivity contribution in [2.24, 2.45) is 0 Å². The predicted molar refractivity (Wildman–Crippen MR) is 183 cm³/mol. The van der Waals surface area contributed by atoms with Crippen LogP contribution < -0.4 is 0 Å². The Bertz CT molecular complexity index is 1470. The van der Waals surface area contributed by atoms with Crippen LogP contribution in [0.3, 0.4) is 0 Å². The lowest BCUT2D eigenvalue weighted by atomic mass is 9.94. The van der Waals surface area contributed by atoms with E-state index < -0.39 is 40.5 Å². The molecule has 0 aliphatic carbocycles. The van der Waals surface area contributed by atoms with Crippen LogP contribution in [0, 0.1) is 11.2 Å². The molecular weight excluding hydrogens is 580 g/mol. The van der Waals surface area contributed by atoms with Crippen molar-refractivity contribution in [1.82, 2.24) is 0 Å². The molecule has 6 heteroatoms. The van der Waals surface area contributed by atoms with E-state index in [0.717, 1.165) is 22.3 Å². The van der Waals surface area contributed by atoms with Crippen molar-refractivity contribution < 1.29 is 23.7 Å². The van der Waals surface area contributed by atoms with Crippen molar-refractivity contribution >= 4 is 10.0 Å². The summed E-state index contributed by atoms with van der Waals surface area (Å²) < 4.78 is 33.2. The van der Waals surface area contributed by atoms with Crippen molar-refractivity contribution in [3.63, 3.8) is 0 Å². The summed E-state index contributed by atoms with van der Waals surface area (Å²) in [6, 6.07) is 40.7. The van der Waals surface area contributed by atoms with Crippen LogP contribution in [-0.4, -0.2) is 55.9 Å². The van der Waals surface area contributed by atoms with Gasteiger partial charge in [0.1, 0.15) is 30.5 Å². The molecular formula is C39H44O5S. The lowest BCUT2D eigenvalue weighted by Crippen LogP contribution is -2.60. The van der Waals surface area contributed by atoms with Crippen LogP contribution in [0.1, 0.15) is 22.3 Å². The quantitative estimate of drug-likeness (QED) is 0.145. The topological polar surface area (TPSA) is 46.2 Å². The molecule has 0 amide bonds. The minimum Gasteiger partial charge on any atom is -0.374 e. The van der Waals surface area contributed by atoms with Gasteiger partial charge >= 0.3 is 0 Å². The fourth-order valence-electron chi connectivity index (χ4n) is 5.14. The molecule has 0 unspecified atom stereocenters. The average Bonchev–Trinajstić information content (AvgIpc) is 3.06. The van der Waals surface area contributed by atoms with Gasteiger partial charge in [0.25, 0.3) is 0 Å². The maximum absolute atomic E-state index is 6.79. The molecule has 0 spiro atoms. The molecule has 1 aliphatic rings. The van der Waals surface area contributed by atoms with Crippen molar-refractivity contribution in [2.45, 2.75) is 56.9 Å². The van der Waals surface area contributed by atoms with E-state index in [0.29, 0.717) is 33.0 Å². The van der Waals surface area contributed by atoms with Gasteiger partial charge in [-0.2, -0.15) is 10.0 Å². The Kier molecular flexibility index (Phi) is 12.3. The maximum Gasteiger partial charge on any atom is 0.148 e. The third-order valence-corrected chi connectivity index (χ3v) is 8.12. The first kappa shape index (κ1) is 33.0. The van der Waals surface area contributed by atoms with Gasteiger partial charge in [0.05, 0.1) is 33.0 Å². The molecule has 5 rings (SSSR count). The maximum atomic E-state index is 6.79. The van der Waals surface area contributed by atoms with Crippen molar-refractivity contribution in [3.05, 3.63) is 144 Å². The Morgan fingerprint density at radius 2 is 0.933 bits per heavy atom. The summed E-state index contributed by atoms with van der Waals surface area (Å²) in [4.78, 5) is 0. The molecule has 1 aliphatic heterocycles. The van der Waals surface area contributed by atoms with Crippen LogP contribution in [0.5, 0.6) is 0 Å². The van der Waals surface area contributed by atoms with Gasteiger partial charge in [-0.1, -0.05) is 133 Å². The second-order valence-electron chi connectivity index (χ2n) is 12.0. The third-order valence-electron chi connectivity index (χ3n) is 7.39. The van der Waals surface area contributed by atoms with Crippen molar-refractivity contribution in [1.29, 1.82) is 0 Å². The lowest BCUT2D eigenvalue weighted by molar-refractivity contribution is -0.261. The molecule has 1 fully saturated rings. The first-order valence-corrected chi connectivity index (χ1v) is 18.2. The molecule has 45 heavy (non-hydrogen) atoms. The van der Waals surface area contributed by atoms with Crippen LogP contribution in [0.2, 0.25) is 0 Å². The normalized spacial score (nSPS) is 21.9. The van der Waals surface area contributed by atoms with E-state index in [9.17, 15) is 0 Å². The Hall–Kier alpha value is -3.41. The van der Waals surface area contributed by atoms with E-state index in [4.69, 9.17) is 23.7 Å². The Morgan fingerprint density at radius 1 is 0.533 bits per heavy atom. The van der Waals surface area contributed by atoms with Crippen LogP contribution in [0.15, 0.2) is 121 Å². The summed E-state index contributed by atoms with van der Waals surface area (Å²) in [6.45, 7) is 2.01. The van der Waals surface area contributed by atoms with E-state index in [1.807, 2.05) is 72.8 Å². The fraction of sp³-hybridized carbons (Fsp3) is 0.333. The van der Waals surface area contributed by atoms with Crippen LogP contribution in [0.4, 0.5) is 0 Å². The van der Waals surface area contributed by atoms with Gasteiger partial charge in [-0.25, -0.2) is 0 Å². The zero-order valence-corrected chi connectivity index (χ0v) is 27.2. The Labute approximate surface area is 270 Å². The molecule has 5 nitrogen and oxygen atoms in total. The first-order valence-electron chi connectivity index (χ1n) is 15.4. The summed E-state index contributed by atoms with van der Waals surface area (Å²) in [5, 5.41) is 3.48. The molecule has 236 valence electrons. The summed E-state index contributed by atoms with van der Waals surface area (Å²) in [5.74, 6) is 3.46. The molecule has 5 atom stereocenters. The molecule has 1 heterocycles. The summed E-state index contributed by atoms with van der Waals surface area (Å²) in [5.41, 5.74) is 4.32. The van der Waals surface area contributed by atoms with Gasteiger partial charge in [0.2, 0.25) is 0 Å². The third kappa shape index (κ3) is 10.6. The number of ether oxygens (including phenoxy) is 5. The smallest absolute Gasteiger partial charge is 0.148 e. The molecule has 4 aromatic rings. The minimum absolute atomic E-state index is 0.325. The molecule has 0 radical (unpaired) electrons. The SMILES string of the molecule is CS(C)(C)C#C[C@H]1O[C@H](COCc2ccccc2)[C@@H](OCc2ccccc2)[C@H](OCc2ccccc2)[C@@H]1OCc1ccccc1. The lowest BCUT2D eigenvalue weighted by Gasteiger charge is -2.45. The largest absolute Gasteiger partial charge is 0.374 e. The van der Waals surface area contributed by atoms with Gasteiger partial charge in [0, 0.05) is 0 Å². The predicted octanol–water partition coefficient (Wildman–Crippen LogP) is 7.38. The van der Waals surface area contributed by atoms with E-state index in [-0.39, 0.29) is 0 Å². The number of benzene rings is 4. The highest BCUT2D eigenvalue weighted by molar-refractivity contribution is 8.35. The average molecular weight is 625 g/mol. The molecule has 4 aromatic carbocycles. The van der Waals surface area contributed by atoms with Gasteiger partial charge in [0.15, 0.2) is 0 Å². The zero-order valence-electron chi connectivity index (χ0n) is 26.4. The Balaban J connectivity index is 1.46. The van der Waals surface area contributed by atoms with Gasteiger partial charge in [-0.3, -0.25) is 0 Å². The monoisotopic (exact) mass is 624 g/mol. The second-order valence-corrected chi connectivity index (χ2v) is 15.8. The van der Waals surface area contributed by atoms with E-state index in [2.05, 4.69) is 78.5 Å². The zero-order chi connectivity index (χ0) is 31.3. The summed E-state index contributed by atoms with van der Waals surface area (Å²) in [6.07, 6.45) is 4.16. The highest BCUT2D eigenvalue weighted by Crippen LogP contribution is 2.34. The molecule has 0 aromatic heterocycles. The molecule has 0 saturated carbocycles. The standard InChI is InChI=1S/C39H44O5S/c1-45(2,3)25-24-35-37(41-27-32-18-10-5-11-19-32)39(43-29-34-22-14-7-15-23-34)38(42-28-33-20-12-6-13-21-33)36(44-35)30-40-26-31-16-8-4-9-17-31/h4-23,35-39H,26-30H2,1-3H3/t35-,36-,37-,38-,39-/m1/s1. The van der Waals surface area contributed by atoms with E-state index in [1.165, 1.54) is 0 Å². The number of hydrogen-bond acceptors (Lipinski definition) is 5. The van der Waals surface area contributed by atoms with Gasteiger partial charge < -0.3 is 23.7 Å². The minimum atomic E-state index is -1.12. The van der Waals surface area contributed by atoms with E-state index >= 15 is 0 Å². The number of hydrogen-bond donors (Lipinski definition) is 0. The molecule has 1 saturated heterocycles. The molecule has 0 bridgehead atoms. The second kappa shape index (κ2) is 16.8. The van der Waals surface area contributed by atoms with Gasteiger partial charge in [-0.15, -0.1) is 0 Å². The first-order chi connectivity index (χ1) is 21.9. The fourth-order valence-corrected chi connectivity index (χ4v) is 5.61. The Morgan fingerprint density at radius 3 is 1.38 bits per heavy atom. The van der Waals surface area contributed by atoms with Crippen molar-refractivity contribution in [3.8, 4) is 11.2 Å². The highest BCUT2D eigenvalue weighted by atomic mass is 32.3. The van der Waals surface area contributed by atoms with Crippen LogP contribution in [-0.2, 0) is 50.1 Å². The summed E-state index contributed by atoms with van der Waals surface area (Å²) >= 11 is 0.